The first kappa shape index (κ1) is 12.0. The van der Waals surface area contributed by atoms with Crippen LogP contribution in [0.2, 0.25) is 0 Å². The second-order valence-corrected chi connectivity index (χ2v) is 3.98. The van der Waals surface area contributed by atoms with Crippen molar-refractivity contribution in [3.8, 4) is 0 Å². The van der Waals surface area contributed by atoms with Gasteiger partial charge in [-0.25, -0.2) is 4.98 Å². The van der Waals surface area contributed by atoms with E-state index >= 15 is 0 Å². The summed E-state index contributed by atoms with van der Waals surface area (Å²) in [5, 5.41) is 0. The summed E-state index contributed by atoms with van der Waals surface area (Å²) in [6.07, 6.45) is 2.02. The molecular formula is C11H22N4. The molecule has 1 heterocycles. The van der Waals surface area contributed by atoms with Crippen LogP contribution >= 0.6 is 0 Å². The van der Waals surface area contributed by atoms with E-state index in [4.69, 9.17) is 5.73 Å². The van der Waals surface area contributed by atoms with Crippen molar-refractivity contribution in [2.75, 3.05) is 25.4 Å². The number of nitrogens with two attached hydrogens (primary N) is 1. The Bertz CT molecular complexity index is 302. The van der Waals surface area contributed by atoms with Crippen molar-refractivity contribution in [3.05, 3.63) is 11.9 Å². The van der Waals surface area contributed by atoms with Crippen molar-refractivity contribution in [1.82, 2.24) is 14.5 Å². The molecule has 86 valence electrons. The number of aromatic nitrogens is 2. The Hall–Kier alpha value is -1.03. The van der Waals surface area contributed by atoms with Gasteiger partial charge in [0.1, 0.15) is 0 Å². The maximum absolute atomic E-state index is 5.83. The molecule has 0 aromatic carbocycles. The smallest absolute Gasteiger partial charge is 0.200 e. The average Bonchev–Trinajstić information content (AvgIpc) is 2.54. The van der Waals surface area contributed by atoms with Crippen LogP contribution in [-0.4, -0.2) is 34.1 Å². The van der Waals surface area contributed by atoms with Crippen molar-refractivity contribution in [2.24, 2.45) is 0 Å². The van der Waals surface area contributed by atoms with Crippen LogP contribution in [0, 0.1) is 6.92 Å². The second-order valence-electron chi connectivity index (χ2n) is 3.98. The molecular weight excluding hydrogens is 188 g/mol. The lowest BCUT2D eigenvalue weighted by molar-refractivity contribution is 0.262. The standard InChI is InChI=1S/C11H22N4/c1-5-14(6-2)8-10(4)15-7-9(3)13-11(15)12/h7,10H,5-6,8H2,1-4H3,(H2,12,13). The maximum atomic E-state index is 5.83. The van der Waals surface area contributed by atoms with E-state index in [-0.39, 0.29) is 0 Å². The third kappa shape index (κ3) is 2.96. The Kier molecular flexibility index (Phi) is 4.15. The van der Waals surface area contributed by atoms with Crippen molar-refractivity contribution < 1.29 is 0 Å². The molecule has 0 radical (unpaired) electrons. The Morgan fingerprint density at radius 2 is 2.07 bits per heavy atom. The molecule has 0 aliphatic rings. The van der Waals surface area contributed by atoms with Crippen molar-refractivity contribution >= 4 is 5.95 Å². The summed E-state index contributed by atoms with van der Waals surface area (Å²) in [6.45, 7) is 11.7. The van der Waals surface area contributed by atoms with E-state index in [1.165, 1.54) is 0 Å². The van der Waals surface area contributed by atoms with Gasteiger partial charge >= 0.3 is 0 Å². The number of anilines is 1. The fraction of sp³-hybridized carbons (Fsp3) is 0.727. The number of rotatable bonds is 5. The summed E-state index contributed by atoms with van der Waals surface area (Å²) >= 11 is 0. The Labute approximate surface area is 92.1 Å². The van der Waals surface area contributed by atoms with Gasteiger partial charge in [-0.1, -0.05) is 13.8 Å². The summed E-state index contributed by atoms with van der Waals surface area (Å²) in [4.78, 5) is 6.60. The van der Waals surface area contributed by atoms with Gasteiger partial charge in [0.2, 0.25) is 5.95 Å². The molecule has 0 fully saturated rings. The highest BCUT2D eigenvalue weighted by atomic mass is 15.2. The predicted molar refractivity (Wildman–Crippen MR) is 63.9 cm³/mol. The van der Waals surface area contributed by atoms with Crippen LogP contribution in [0.15, 0.2) is 6.20 Å². The summed E-state index contributed by atoms with van der Waals surface area (Å²) in [5.41, 5.74) is 6.82. The largest absolute Gasteiger partial charge is 0.369 e. The first-order chi connectivity index (χ1) is 7.08. The Balaban J connectivity index is 2.67. The summed E-state index contributed by atoms with van der Waals surface area (Å²) in [7, 11) is 0. The van der Waals surface area contributed by atoms with Crippen molar-refractivity contribution in [2.45, 2.75) is 33.7 Å². The van der Waals surface area contributed by atoms with Crippen LogP contribution in [0.3, 0.4) is 0 Å². The maximum Gasteiger partial charge on any atom is 0.200 e. The van der Waals surface area contributed by atoms with Crippen LogP contribution in [-0.2, 0) is 0 Å². The molecule has 0 bridgehead atoms. The average molecular weight is 210 g/mol. The number of likely N-dealkylation sites (N-methyl/N-ethyl adjacent to an activating group) is 1. The molecule has 0 amide bonds. The molecule has 1 atom stereocenters. The molecule has 0 spiro atoms. The third-order valence-corrected chi connectivity index (χ3v) is 2.77. The molecule has 0 saturated heterocycles. The minimum absolute atomic E-state index is 0.381. The number of imidazole rings is 1. The van der Waals surface area contributed by atoms with E-state index in [0.717, 1.165) is 25.3 Å². The lowest BCUT2D eigenvalue weighted by atomic mass is 10.3. The molecule has 1 rings (SSSR count). The molecule has 4 heteroatoms. The van der Waals surface area contributed by atoms with Gasteiger partial charge in [0.05, 0.1) is 5.69 Å². The van der Waals surface area contributed by atoms with Gasteiger partial charge in [0.15, 0.2) is 0 Å². The van der Waals surface area contributed by atoms with Crippen LogP contribution in [0.4, 0.5) is 5.95 Å². The van der Waals surface area contributed by atoms with Gasteiger partial charge < -0.3 is 15.2 Å². The zero-order chi connectivity index (χ0) is 11.4. The quantitative estimate of drug-likeness (QED) is 0.804. The van der Waals surface area contributed by atoms with Crippen LogP contribution < -0.4 is 5.73 Å². The van der Waals surface area contributed by atoms with Crippen molar-refractivity contribution in [1.29, 1.82) is 0 Å². The van der Waals surface area contributed by atoms with E-state index in [1.807, 2.05) is 17.7 Å². The Morgan fingerprint density at radius 3 is 2.47 bits per heavy atom. The molecule has 0 saturated carbocycles. The first-order valence-corrected chi connectivity index (χ1v) is 5.61. The number of aryl methyl sites for hydroxylation is 1. The van der Waals surface area contributed by atoms with Gasteiger partial charge in [0, 0.05) is 18.8 Å². The number of nitrogen functional groups attached to an aromatic ring is 1. The molecule has 0 aliphatic carbocycles. The monoisotopic (exact) mass is 210 g/mol. The predicted octanol–water partition coefficient (Wildman–Crippen LogP) is 1.68. The number of hydrogen-bond donors (Lipinski definition) is 1. The van der Waals surface area contributed by atoms with E-state index in [2.05, 4.69) is 30.7 Å². The van der Waals surface area contributed by atoms with Crippen molar-refractivity contribution in [3.63, 3.8) is 0 Å². The lowest BCUT2D eigenvalue weighted by Crippen LogP contribution is -2.29. The normalized spacial score (nSPS) is 13.4. The third-order valence-electron chi connectivity index (χ3n) is 2.77. The minimum Gasteiger partial charge on any atom is -0.369 e. The highest BCUT2D eigenvalue weighted by molar-refractivity contribution is 5.22. The Morgan fingerprint density at radius 1 is 1.47 bits per heavy atom. The molecule has 1 aromatic rings. The SMILES string of the molecule is CCN(CC)CC(C)n1cc(C)nc1N. The zero-order valence-corrected chi connectivity index (χ0v) is 10.2. The van der Waals surface area contributed by atoms with Gasteiger partial charge in [-0.2, -0.15) is 0 Å². The fourth-order valence-corrected chi connectivity index (χ4v) is 1.83. The van der Waals surface area contributed by atoms with E-state index < -0.39 is 0 Å². The molecule has 2 N–H and O–H groups in total. The molecule has 1 unspecified atom stereocenters. The van der Waals surface area contributed by atoms with Gasteiger partial charge in [-0.3, -0.25) is 0 Å². The van der Waals surface area contributed by atoms with Gasteiger partial charge in [-0.15, -0.1) is 0 Å². The summed E-state index contributed by atoms with van der Waals surface area (Å²) in [5.74, 6) is 0.618. The van der Waals surface area contributed by atoms with Crippen LogP contribution in [0.1, 0.15) is 32.5 Å². The molecule has 15 heavy (non-hydrogen) atoms. The van der Waals surface area contributed by atoms with Crippen LogP contribution in [0.5, 0.6) is 0 Å². The summed E-state index contributed by atoms with van der Waals surface area (Å²) in [6, 6.07) is 0.381. The molecule has 0 aliphatic heterocycles. The zero-order valence-electron chi connectivity index (χ0n) is 10.2. The molecule has 4 nitrogen and oxygen atoms in total. The second kappa shape index (κ2) is 5.16. The van der Waals surface area contributed by atoms with Crippen LogP contribution in [0.25, 0.3) is 0 Å². The van der Waals surface area contributed by atoms with E-state index in [0.29, 0.717) is 12.0 Å². The summed E-state index contributed by atoms with van der Waals surface area (Å²) < 4.78 is 2.05. The fourth-order valence-electron chi connectivity index (χ4n) is 1.83. The lowest BCUT2D eigenvalue weighted by Gasteiger charge is -2.23. The number of hydrogen-bond acceptors (Lipinski definition) is 3. The first-order valence-electron chi connectivity index (χ1n) is 5.61. The minimum atomic E-state index is 0.381. The topological polar surface area (TPSA) is 47.1 Å². The highest BCUT2D eigenvalue weighted by Gasteiger charge is 2.12. The van der Waals surface area contributed by atoms with Gasteiger partial charge in [0.25, 0.3) is 0 Å². The van der Waals surface area contributed by atoms with E-state index in [9.17, 15) is 0 Å². The van der Waals surface area contributed by atoms with Gasteiger partial charge in [-0.05, 0) is 26.9 Å². The number of nitrogens with zero attached hydrogens (tertiary/aromatic N) is 3. The molecule has 1 aromatic heterocycles. The van der Waals surface area contributed by atoms with E-state index in [1.54, 1.807) is 0 Å². The highest BCUT2D eigenvalue weighted by Crippen LogP contribution is 2.14.